The van der Waals surface area contributed by atoms with Crippen molar-refractivity contribution in [2.24, 2.45) is 11.7 Å². The summed E-state index contributed by atoms with van der Waals surface area (Å²) < 4.78 is 0. The topological polar surface area (TPSA) is 113 Å². The fraction of sp³-hybridized carbons (Fsp3) is 0.500. The Bertz CT molecular complexity index is 661. The highest BCUT2D eigenvalue weighted by Gasteiger charge is 2.33. The van der Waals surface area contributed by atoms with Gasteiger partial charge in [0.25, 0.3) is 0 Å². The fourth-order valence-corrected chi connectivity index (χ4v) is 3.34. The summed E-state index contributed by atoms with van der Waals surface area (Å²) >= 11 is 0. The number of urea groups is 1. The van der Waals surface area contributed by atoms with E-state index in [4.69, 9.17) is 5.73 Å². The molecule has 7 nitrogen and oxygen atoms in total. The van der Waals surface area contributed by atoms with Gasteiger partial charge in [-0.2, -0.15) is 0 Å². The number of amides is 3. The number of hydrogen-bond acceptors (Lipinski definition) is 3. The highest BCUT2D eigenvalue weighted by molar-refractivity contribution is 5.80. The standard InChI is InChI=1S/C18H25N3O4/c1-11-5-3-4-6-14(11)15(20-18(19)25)9-16(22)21-10-13(17(23)24)8-7-12(21)2/h3-6,12-13,15H,7-10H2,1-2H3,(H,23,24)(H3,19,20,25). The highest BCUT2D eigenvalue weighted by Crippen LogP contribution is 2.26. The first-order valence-corrected chi connectivity index (χ1v) is 8.43. The molecule has 1 aromatic rings. The molecular weight excluding hydrogens is 322 g/mol. The van der Waals surface area contributed by atoms with Gasteiger partial charge in [0.05, 0.1) is 18.4 Å². The molecule has 0 aromatic heterocycles. The summed E-state index contributed by atoms with van der Waals surface area (Å²) in [5.41, 5.74) is 7.05. The summed E-state index contributed by atoms with van der Waals surface area (Å²) in [6.07, 6.45) is 1.27. The zero-order chi connectivity index (χ0) is 18.6. The number of carboxylic acids is 1. The molecule has 0 bridgehead atoms. The first-order valence-electron chi connectivity index (χ1n) is 8.43. The van der Waals surface area contributed by atoms with Gasteiger partial charge >= 0.3 is 12.0 Å². The second-order valence-electron chi connectivity index (χ2n) is 6.63. The largest absolute Gasteiger partial charge is 0.481 e. The van der Waals surface area contributed by atoms with Crippen LogP contribution in [0.2, 0.25) is 0 Å². The smallest absolute Gasteiger partial charge is 0.312 e. The van der Waals surface area contributed by atoms with Gasteiger partial charge in [0.15, 0.2) is 0 Å². The average molecular weight is 347 g/mol. The van der Waals surface area contributed by atoms with Crippen LogP contribution in [0.5, 0.6) is 0 Å². The number of nitrogens with two attached hydrogens (primary N) is 1. The van der Waals surface area contributed by atoms with Crippen molar-refractivity contribution in [1.82, 2.24) is 10.2 Å². The van der Waals surface area contributed by atoms with E-state index in [0.717, 1.165) is 11.1 Å². The van der Waals surface area contributed by atoms with Gasteiger partial charge in [-0.3, -0.25) is 9.59 Å². The van der Waals surface area contributed by atoms with E-state index in [9.17, 15) is 19.5 Å². The van der Waals surface area contributed by atoms with E-state index in [1.165, 1.54) is 0 Å². The Kier molecular flexibility index (Phi) is 6.01. The quantitative estimate of drug-likeness (QED) is 0.754. The van der Waals surface area contributed by atoms with Gasteiger partial charge in [-0.1, -0.05) is 24.3 Å². The Morgan fingerprint density at radius 1 is 1.32 bits per heavy atom. The van der Waals surface area contributed by atoms with Crippen LogP contribution < -0.4 is 11.1 Å². The molecule has 25 heavy (non-hydrogen) atoms. The molecule has 136 valence electrons. The van der Waals surface area contributed by atoms with Crippen molar-refractivity contribution in [3.8, 4) is 0 Å². The molecule has 1 fully saturated rings. The van der Waals surface area contributed by atoms with Gasteiger partial charge < -0.3 is 21.1 Å². The molecule has 1 aliphatic heterocycles. The van der Waals surface area contributed by atoms with Crippen LogP contribution in [0.1, 0.15) is 43.4 Å². The number of aliphatic carboxylic acids is 1. The van der Waals surface area contributed by atoms with Crippen LogP contribution in [-0.4, -0.2) is 40.5 Å². The maximum atomic E-state index is 12.8. The molecule has 0 radical (unpaired) electrons. The van der Waals surface area contributed by atoms with Crippen LogP contribution in [0.15, 0.2) is 24.3 Å². The molecular formula is C18H25N3O4. The summed E-state index contributed by atoms with van der Waals surface area (Å²) in [5.74, 6) is -1.60. The number of likely N-dealkylation sites (tertiary alicyclic amines) is 1. The van der Waals surface area contributed by atoms with Crippen LogP contribution in [0.3, 0.4) is 0 Å². The van der Waals surface area contributed by atoms with E-state index in [-0.39, 0.29) is 24.9 Å². The SMILES string of the molecule is Cc1ccccc1C(CC(=O)N1CC(C(=O)O)CCC1C)NC(N)=O. The second kappa shape index (κ2) is 8.00. The molecule has 1 heterocycles. The van der Waals surface area contributed by atoms with Crippen LogP contribution in [0.25, 0.3) is 0 Å². The maximum Gasteiger partial charge on any atom is 0.312 e. The maximum absolute atomic E-state index is 12.8. The van der Waals surface area contributed by atoms with Crippen molar-refractivity contribution in [3.63, 3.8) is 0 Å². The number of nitrogens with zero attached hydrogens (tertiary/aromatic N) is 1. The Hall–Kier alpha value is -2.57. The van der Waals surface area contributed by atoms with E-state index in [2.05, 4.69) is 5.32 Å². The normalized spacial score (nSPS) is 21.4. The number of carboxylic acid groups (broad SMARTS) is 1. The van der Waals surface area contributed by atoms with Gasteiger partial charge in [-0.15, -0.1) is 0 Å². The molecule has 3 unspecified atom stereocenters. The van der Waals surface area contributed by atoms with Crippen molar-refractivity contribution in [3.05, 3.63) is 35.4 Å². The summed E-state index contributed by atoms with van der Waals surface area (Å²) in [4.78, 5) is 37.0. The molecule has 7 heteroatoms. The number of rotatable bonds is 5. The van der Waals surface area contributed by atoms with Crippen LogP contribution >= 0.6 is 0 Å². The minimum absolute atomic E-state index is 0.0193. The predicted molar refractivity (Wildman–Crippen MR) is 92.8 cm³/mol. The first-order chi connectivity index (χ1) is 11.8. The third-order valence-corrected chi connectivity index (χ3v) is 4.81. The van der Waals surface area contributed by atoms with E-state index in [0.29, 0.717) is 12.8 Å². The van der Waals surface area contributed by atoms with E-state index >= 15 is 0 Å². The van der Waals surface area contributed by atoms with Gasteiger partial charge in [-0.25, -0.2) is 4.79 Å². The molecule has 2 rings (SSSR count). The summed E-state index contributed by atoms with van der Waals surface area (Å²) in [5, 5.41) is 11.9. The first kappa shape index (κ1) is 18.8. The monoisotopic (exact) mass is 347 g/mol. The van der Waals surface area contributed by atoms with E-state index in [1.54, 1.807) is 4.90 Å². The van der Waals surface area contributed by atoms with Crippen LogP contribution in [-0.2, 0) is 9.59 Å². The van der Waals surface area contributed by atoms with Gasteiger partial charge in [0.2, 0.25) is 5.91 Å². The van der Waals surface area contributed by atoms with Crippen molar-refractivity contribution in [2.75, 3.05) is 6.54 Å². The number of hydrogen-bond donors (Lipinski definition) is 3. The van der Waals surface area contributed by atoms with Gasteiger partial charge in [0.1, 0.15) is 0 Å². The number of aryl methyl sites for hydroxylation is 1. The van der Waals surface area contributed by atoms with Crippen molar-refractivity contribution in [1.29, 1.82) is 0 Å². The van der Waals surface area contributed by atoms with Crippen molar-refractivity contribution >= 4 is 17.9 Å². The number of carbonyl (C=O) groups is 3. The summed E-state index contributed by atoms with van der Waals surface area (Å²) in [6, 6.07) is 6.22. The predicted octanol–water partition coefficient (Wildman–Crippen LogP) is 1.81. The third-order valence-electron chi connectivity index (χ3n) is 4.81. The highest BCUT2D eigenvalue weighted by atomic mass is 16.4. The van der Waals surface area contributed by atoms with Crippen molar-refractivity contribution < 1.29 is 19.5 Å². The Morgan fingerprint density at radius 2 is 2.00 bits per heavy atom. The lowest BCUT2D eigenvalue weighted by Gasteiger charge is -2.37. The molecule has 4 N–H and O–H groups in total. The van der Waals surface area contributed by atoms with Crippen molar-refractivity contribution in [2.45, 2.75) is 45.2 Å². The molecule has 1 aliphatic rings. The number of piperidine rings is 1. The number of primary amides is 1. The number of carbonyl (C=O) groups excluding carboxylic acids is 2. The molecule has 3 atom stereocenters. The minimum Gasteiger partial charge on any atom is -0.481 e. The lowest BCUT2D eigenvalue weighted by Crippen LogP contribution is -2.48. The Balaban J connectivity index is 2.17. The summed E-state index contributed by atoms with van der Waals surface area (Å²) in [7, 11) is 0. The van der Waals surface area contributed by atoms with Gasteiger partial charge in [-0.05, 0) is 37.8 Å². The second-order valence-corrected chi connectivity index (χ2v) is 6.63. The molecule has 0 aliphatic carbocycles. The third kappa shape index (κ3) is 4.71. The fourth-order valence-electron chi connectivity index (χ4n) is 3.34. The Morgan fingerprint density at radius 3 is 2.60 bits per heavy atom. The summed E-state index contributed by atoms with van der Waals surface area (Å²) in [6.45, 7) is 4.02. The van der Waals surface area contributed by atoms with E-state index in [1.807, 2.05) is 38.1 Å². The molecule has 0 spiro atoms. The molecule has 3 amide bonds. The van der Waals surface area contributed by atoms with Gasteiger partial charge in [0, 0.05) is 12.6 Å². The molecule has 1 aromatic carbocycles. The van der Waals surface area contributed by atoms with Crippen LogP contribution in [0, 0.1) is 12.8 Å². The number of nitrogens with one attached hydrogen (secondary N) is 1. The molecule has 1 saturated heterocycles. The zero-order valence-corrected chi connectivity index (χ0v) is 14.6. The average Bonchev–Trinajstić information content (AvgIpc) is 2.54. The number of benzene rings is 1. The Labute approximate surface area is 147 Å². The zero-order valence-electron chi connectivity index (χ0n) is 14.6. The lowest BCUT2D eigenvalue weighted by atomic mass is 9.92. The van der Waals surface area contributed by atoms with Crippen LogP contribution in [0.4, 0.5) is 4.79 Å². The van der Waals surface area contributed by atoms with E-state index < -0.39 is 24.0 Å². The molecule has 0 saturated carbocycles. The lowest BCUT2D eigenvalue weighted by molar-refractivity contribution is -0.147. The minimum atomic E-state index is -0.879.